The Morgan fingerprint density at radius 1 is 1.12 bits per heavy atom. The molecule has 134 valence electrons. The van der Waals surface area contributed by atoms with Gasteiger partial charge in [-0.3, -0.25) is 10.1 Å². The maximum absolute atomic E-state index is 11.8. The first kappa shape index (κ1) is 17.4. The first-order valence-electron chi connectivity index (χ1n) is 7.92. The molecule has 3 aromatic rings. The quantitative estimate of drug-likeness (QED) is 0.746. The molecule has 0 unspecified atom stereocenters. The van der Waals surface area contributed by atoms with Crippen LogP contribution in [-0.4, -0.2) is 26.6 Å². The Labute approximate surface area is 149 Å². The lowest BCUT2D eigenvalue weighted by Gasteiger charge is -2.19. The average molecular weight is 354 g/mol. The maximum atomic E-state index is 11.8. The second-order valence-electron chi connectivity index (χ2n) is 6.51. The molecule has 0 saturated heterocycles. The Bertz CT molecular complexity index is 990. The number of fused-ring (bicyclic) bond motifs is 1. The van der Waals surface area contributed by atoms with Gasteiger partial charge in [0.1, 0.15) is 16.9 Å². The summed E-state index contributed by atoms with van der Waals surface area (Å²) in [6.07, 6.45) is 2.17. The summed E-state index contributed by atoms with van der Waals surface area (Å²) >= 11 is 0. The fourth-order valence-electron chi connectivity index (χ4n) is 2.16. The zero-order valence-corrected chi connectivity index (χ0v) is 14.6. The molecule has 8 heteroatoms. The summed E-state index contributed by atoms with van der Waals surface area (Å²) in [5.74, 6) is 0.949. The molecule has 1 amide bonds. The maximum Gasteiger partial charge on any atom is 0.412 e. The smallest absolute Gasteiger partial charge is 0.412 e. The Balaban J connectivity index is 1.75. The summed E-state index contributed by atoms with van der Waals surface area (Å²) in [6, 6.07) is 8.38. The summed E-state index contributed by atoms with van der Waals surface area (Å²) in [7, 11) is 0. The minimum Gasteiger partial charge on any atom is -0.455 e. The summed E-state index contributed by atoms with van der Waals surface area (Å²) in [5.41, 5.74) is 0.454. The standard InChI is InChI=1S/C18H18N4O4/c1-18(2,3)26-17(24)21-11-4-6-12(7-5-11)25-13-8-9-19-16-15(13)22-14(23)10-20-16/h4-10H,1-3H3,(H,21,24)(H,22,23). The van der Waals surface area contributed by atoms with Crippen LogP contribution in [0.15, 0.2) is 47.5 Å². The first-order valence-corrected chi connectivity index (χ1v) is 7.92. The number of hydrogen-bond donors (Lipinski definition) is 2. The highest BCUT2D eigenvalue weighted by Gasteiger charge is 2.16. The molecule has 26 heavy (non-hydrogen) atoms. The Kier molecular flexibility index (Phi) is 4.57. The molecule has 8 nitrogen and oxygen atoms in total. The number of pyridine rings is 1. The van der Waals surface area contributed by atoms with Crippen LogP contribution in [0, 0.1) is 0 Å². The highest BCUT2D eigenvalue weighted by atomic mass is 16.6. The van der Waals surface area contributed by atoms with Gasteiger partial charge in [-0.05, 0) is 45.0 Å². The number of nitrogens with one attached hydrogen (secondary N) is 2. The van der Waals surface area contributed by atoms with Crippen molar-refractivity contribution in [2.24, 2.45) is 0 Å². The molecule has 0 radical (unpaired) electrons. The monoisotopic (exact) mass is 354 g/mol. The number of carbonyl (C=O) groups excluding carboxylic acids is 1. The van der Waals surface area contributed by atoms with E-state index in [0.29, 0.717) is 28.4 Å². The van der Waals surface area contributed by atoms with E-state index in [1.165, 1.54) is 0 Å². The van der Waals surface area contributed by atoms with Gasteiger partial charge in [0.25, 0.3) is 5.56 Å². The van der Waals surface area contributed by atoms with Gasteiger partial charge in [-0.2, -0.15) is 0 Å². The van der Waals surface area contributed by atoms with E-state index in [-0.39, 0.29) is 5.56 Å². The first-order chi connectivity index (χ1) is 12.3. The van der Waals surface area contributed by atoms with Crippen molar-refractivity contribution < 1.29 is 14.3 Å². The summed E-state index contributed by atoms with van der Waals surface area (Å²) < 4.78 is 11.0. The summed E-state index contributed by atoms with van der Waals surface area (Å²) in [6.45, 7) is 5.38. The lowest BCUT2D eigenvalue weighted by atomic mass is 10.2. The molecule has 0 atom stereocenters. The number of carbonyl (C=O) groups is 1. The van der Waals surface area contributed by atoms with Gasteiger partial charge < -0.3 is 14.5 Å². The molecule has 0 aliphatic rings. The topological polar surface area (TPSA) is 106 Å². The van der Waals surface area contributed by atoms with Crippen LogP contribution in [0.1, 0.15) is 20.8 Å². The predicted octanol–water partition coefficient (Wildman–Crippen LogP) is 3.46. The number of H-pyrrole nitrogens is 1. The number of rotatable bonds is 3. The Morgan fingerprint density at radius 2 is 1.85 bits per heavy atom. The highest BCUT2D eigenvalue weighted by molar-refractivity contribution is 5.85. The van der Waals surface area contributed by atoms with Crippen molar-refractivity contribution in [3.8, 4) is 11.5 Å². The third-order valence-corrected chi connectivity index (χ3v) is 3.17. The normalized spacial score (nSPS) is 11.2. The molecule has 0 spiro atoms. The van der Waals surface area contributed by atoms with Gasteiger partial charge in [0.15, 0.2) is 11.4 Å². The van der Waals surface area contributed by atoms with Gasteiger partial charge in [-0.15, -0.1) is 0 Å². The molecule has 2 N–H and O–H groups in total. The largest absolute Gasteiger partial charge is 0.455 e. The van der Waals surface area contributed by atoms with Crippen LogP contribution >= 0.6 is 0 Å². The predicted molar refractivity (Wildman–Crippen MR) is 96.5 cm³/mol. The zero-order chi connectivity index (χ0) is 18.7. The Morgan fingerprint density at radius 3 is 2.54 bits per heavy atom. The van der Waals surface area contributed by atoms with E-state index in [2.05, 4.69) is 20.3 Å². The number of anilines is 1. The summed E-state index contributed by atoms with van der Waals surface area (Å²) in [5, 5.41) is 2.64. The molecule has 0 aliphatic carbocycles. The molecule has 2 heterocycles. The van der Waals surface area contributed by atoms with Crippen LogP contribution in [0.5, 0.6) is 11.5 Å². The van der Waals surface area contributed by atoms with E-state index in [4.69, 9.17) is 9.47 Å². The molecular weight excluding hydrogens is 336 g/mol. The number of ether oxygens (including phenoxy) is 2. The fraction of sp³-hybridized carbons (Fsp3) is 0.222. The third-order valence-electron chi connectivity index (χ3n) is 3.17. The van der Waals surface area contributed by atoms with Gasteiger partial charge in [0.05, 0.1) is 6.20 Å². The van der Waals surface area contributed by atoms with Gasteiger partial charge in [0, 0.05) is 18.0 Å². The van der Waals surface area contributed by atoms with Crippen LogP contribution in [0.25, 0.3) is 11.2 Å². The van der Waals surface area contributed by atoms with Gasteiger partial charge in [-0.1, -0.05) is 0 Å². The van der Waals surface area contributed by atoms with Crippen molar-refractivity contribution in [1.82, 2.24) is 15.0 Å². The molecule has 0 saturated carbocycles. The molecule has 3 rings (SSSR count). The second-order valence-corrected chi connectivity index (χ2v) is 6.51. The van der Waals surface area contributed by atoms with Crippen molar-refractivity contribution in [2.75, 3.05) is 5.32 Å². The van der Waals surface area contributed by atoms with Crippen LogP contribution in [-0.2, 0) is 4.74 Å². The van der Waals surface area contributed by atoms with Gasteiger partial charge in [0.2, 0.25) is 0 Å². The molecule has 0 aliphatic heterocycles. The van der Waals surface area contributed by atoms with E-state index in [9.17, 15) is 9.59 Å². The SMILES string of the molecule is CC(C)(C)OC(=O)Nc1ccc(Oc2ccnc3ncc(=O)[nH]c23)cc1. The van der Waals surface area contributed by atoms with Crippen molar-refractivity contribution >= 4 is 22.9 Å². The van der Waals surface area contributed by atoms with E-state index in [1.807, 2.05) is 0 Å². The molecule has 2 aromatic heterocycles. The van der Waals surface area contributed by atoms with Crippen LogP contribution in [0.2, 0.25) is 0 Å². The molecular formula is C18H18N4O4. The van der Waals surface area contributed by atoms with Crippen LogP contribution in [0.4, 0.5) is 10.5 Å². The number of amides is 1. The number of nitrogens with zero attached hydrogens (tertiary/aromatic N) is 2. The van der Waals surface area contributed by atoms with Crippen LogP contribution < -0.4 is 15.6 Å². The van der Waals surface area contributed by atoms with E-state index in [0.717, 1.165) is 6.20 Å². The minimum absolute atomic E-state index is 0.341. The van der Waals surface area contributed by atoms with Gasteiger partial charge >= 0.3 is 6.09 Å². The minimum atomic E-state index is -0.569. The number of hydrogen-bond acceptors (Lipinski definition) is 6. The average Bonchev–Trinajstić information content (AvgIpc) is 2.55. The van der Waals surface area contributed by atoms with Crippen LogP contribution in [0.3, 0.4) is 0 Å². The lowest BCUT2D eigenvalue weighted by molar-refractivity contribution is 0.0636. The third kappa shape index (κ3) is 4.35. The van der Waals surface area contributed by atoms with E-state index in [1.54, 1.807) is 57.3 Å². The van der Waals surface area contributed by atoms with Crippen molar-refractivity contribution in [3.63, 3.8) is 0 Å². The van der Waals surface area contributed by atoms with Crippen molar-refractivity contribution in [2.45, 2.75) is 26.4 Å². The molecule has 0 bridgehead atoms. The molecule has 1 aromatic carbocycles. The summed E-state index contributed by atoms with van der Waals surface area (Å²) in [4.78, 5) is 34.0. The van der Waals surface area contributed by atoms with Gasteiger partial charge in [-0.25, -0.2) is 14.8 Å². The highest BCUT2D eigenvalue weighted by Crippen LogP contribution is 2.27. The number of benzene rings is 1. The second kappa shape index (κ2) is 6.83. The molecule has 0 fully saturated rings. The Hall–Kier alpha value is -3.42. The van der Waals surface area contributed by atoms with Crippen molar-refractivity contribution in [3.05, 3.63) is 53.1 Å². The lowest BCUT2D eigenvalue weighted by Crippen LogP contribution is -2.27. The fourth-order valence-corrected chi connectivity index (χ4v) is 2.16. The number of aromatic nitrogens is 3. The zero-order valence-electron chi connectivity index (χ0n) is 14.6. The van der Waals surface area contributed by atoms with E-state index < -0.39 is 11.7 Å². The number of aromatic amines is 1. The van der Waals surface area contributed by atoms with Crippen molar-refractivity contribution in [1.29, 1.82) is 0 Å². The van der Waals surface area contributed by atoms with E-state index >= 15 is 0 Å².